The van der Waals surface area contributed by atoms with Gasteiger partial charge in [-0.2, -0.15) is 0 Å². The van der Waals surface area contributed by atoms with Gasteiger partial charge in [-0.1, -0.05) is 26.2 Å². The van der Waals surface area contributed by atoms with Gasteiger partial charge in [-0.15, -0.1) is 12.6 Å². The second kappa shape index (κ2) is 4.78. The summed E-state index contributed by atoms with van der Waals surface area (Å²) in [6, 6.07) is 0. The van der Waals surface area contributed by atoms with Crippen LogP contribution in [-0.2, 0) is 4.79 Å². The third kappa shape index (κ3) is 4.43. The lowest BCUT2D eigenvalue weighted by Gasteiger charge is -2.18. The highest BCUT2D eigenvalue weighted by atomic mass is 32.1. The first-order chi connectivity index (χ1) is 5.00. The molecular formula is C8H16O2S. The lowest BCUT2D eigenvalue weighted by Crippen LogP contribution is -2.31. The number of carbonyl (C=O) groups excluding carboxylic acids is 1. The number of unbranched alkanes of at least 4 members (excludes halogenated alkanes) is 2. The van der Waals surface area contributed by atoms with Gasteiger partial charge in [-0.05, 0) is 13.3 Å². The summed E-state index contributed by atoms with van der Waals surface area (Å²) in [4.78, 5) is 10.7. The smallest absolute Gasteiger partial charge is 0.217 e. The first-order valence-corrected chi connectivity index (χ1v) is 4.41. The predicted octanol–water partition coefficient (Wildman–Crippen LogP) is 1.77. The van der Waals surface area contributed by atoms with Crippen LogP contribution < -0.4 is 0 Å². The van der Waals surface area contributed by atoms with E-state index in [0.29, 0.717) is 6.42 Å². The van der Waals surface area contributed by atoms with Crippen LogP contribution in [0.4, 0.5) is 0 Å². The molecule has 0 spiro atoms. The molecule has 1 unspecified atom stereocenters. The quantitative estimate of drug-likeness (QED) is 0.495. The Balaban J connectivity index is 3.64. The van der Waals surface area contributed by atoms with Crippen molar-refractivity contribution in [1.82, 2.24) is 0 Å². The van der Waals surface area contributed by atoms with Crippen LogP contribution >= 0.6 is 12.6 Å². The molecule has 2 nitrogen and oxygen atoms in total. The highest BCUT2D eigenvalue weighted by molar-refractivity contribution is 7.96. The van der Waals surface area contributed by atoms with Gasteiger partial charge in [0.05, 0.1) is 0 Å². The first-order valence-electron chi connectivity index (χ1n) is 3.96. The van der Waals surface area contributed by atoms with Crippen LogP contribution in [0.3, 0.4) is 0 Å². The topological polar surface area (TPSA) is 37.3 Å². The van der Waals surface area contributed by atoms with E-state index in [2.05, 4.69) is 19.6 Å². The van der Waals surface area contributed by atoms with E-state index in [0.717, 1.165) is 19.3 Å². The highest BCUT2D eigenvalue weighted by Gasteiger charge is 2.25. The fraction of sp³-hybridized carbons (Fsp3) is 0.875. The van der Waals surface area contributed by atoms with Crippen molar-refractivity contribution in [2.24, 2.45) is 0 Å². The van der Waals surface area contributed by atoms with E-state index < -0.39 is 10.7 Å². The van der Waals surface area contributed by atoms with E-state index >= 15 is 0 Å². The lowest BCUT2D eigenvalue weighted by atomic mass is 10.0. The van der Waals surface area contributed by atoms with Gasteiger partial charge < -0.3 is 5.11 Å². The molecule has 0 radical (unpaired) electrons. The molecule has 0 rings (SSSR count). The maximum atomic E-state index is 10.7. The number of rotatable bonds is 5. The van der Waals surface area contributed by atoms with Gasteiger partial charge in [0.15, 0.2) is 0 Å². The van der Waals surface area contributed by atoms with Crippen LogP contribution in [-0.4, -0.2) is 15.8 Å². The molecule has 0 heterocycles. The van der Waals surface area contributed by atoms with E-state index in [1.807, 2.05) is 0 Å². The average Bonchev–Trinajstić information content (AvgIpc) is 1.88. The fourth-order valence-electron chi connectivity index (χ4n) is 0.826. The molecule has 0 aromatic heterocycles. The summed E-state index contributed by atoms with van der Waals surface area (Å²) in [5.41, 5.74) is -1.22. The van der Waals surface area contributed by atoms with Crippen LogP contribution in [0.2, 0.25) is 0 Å². The second-order valence-corrected chi connectivity index (χ2v) is 3.44. The third-order valence-electron chi connectivity index (χ3n) is 1.73. The summed E-state index contributed by atoms with van der Waals surface area (Å²) in [5.74, 6) is 0. The Hall–Kier alpha value is -0.0200. The zero-order valence-electron chi connectivity index (χ0n) is 7.13. The normalized spacial score (nSPS) is 16.0. The van der Waals surface area contributed by atoms with Crippen LogP contribution in [0.1, 0.15) is 39.5 Å². The molecule has 0 aliphatic carbocycles. The minimum absolute atomic E-state index is 0.436. The van der Waals surface area contributed by atoms with Gasteiger partial charge in [0.25, 0.3) is 0 Å². The van der Waals surface area contributed by atoms with Crippen molar-refractivity contribution >= 4 is 17.7 Å². The summed E-state index contributed by atoms with van der Waals surface area (Å²) in [6.45, 7) is 3.59. The van der Waals surface area contributed by atoms with Crippen molar-refractivity contribution in [1.29, 1.82) is 0 Å². The van der Waals surface area contributed by atoms with Gasteiger partial charge in [-0.3, -0.25) is 4.79 Å². The molecule has 0 saturated heterocycles. The summed E-state index contributed by atoms with van der Waals surface area (Å²) >= 11 is 3.59. The number of hydrogen-bond acceptors (Lipinski definition) is 2. The Morgan fingerprint density at radius 2 is 2.09 bits per heavy atom. The zero-order chi connectivity index (χ0) is 8.91. The summed E-state index contributed by atoms with van der Waals surface area (Å²) in [5, 5.41) is 8.96. The number of thiol groups is 1. The molecule has 0 aromatic rings. The molecule has 0 saturated carbocycles. The predicted molar refractivity (Wildman–Crippen MR) is 48.8 cm³/mol. The van der Waals surface area contributed by atoms with Gasteiger partial charge >= 0.3 is 0 Å². The van der Waals surface area contributed by atoms with E-state index in [1.165, 1.54) is 6.92 Å². The number of hydrogen-bond donors (Lipinski definition) is 2. The van der Waals surface area contributed by atoms with Crippen molar-refractivity contribution in [3.8, 4) is 0 Å². The van der Waals surface area contributed by atoms with Crippen LogP contribution in [0.15, 0.2) is 0 Å². The largest absolute Gasteiger partial charge is 0.381 e. The minimum Gasteiger partial charge on any atom is -0.381 e. The SMILES string of the molecule is CCCCCC(C)(O)C(=O)S. The molecule has 3 heteroatoms. The van der Waals surface area contributed by atoms with Gasteiger partial charge in [0.1, 0.15) is 5.60 Å². The van der Waals surface area contributed by atoms with Crippen molar-refractivity contribution in [2.75, 3.05) is 0 Å². The zero-order valence-corrected chi connectivity index (χ0v) is 8.03. The van der Waals surface area contributed by atoms with E-state index in [1.54, 1.807) is 0 Å². The molecule has 0 aliphatic rings. The summed E-state index contributed by atoms with van der Waals surface area (Å²) in [6.07, 6.45) is 3.55. The highest BCUT2D eigenvalue weighted by Crippen LogP contribution is 2.16. The Morgan fingerprint density at radius 3 is 2.45 bits per heavy atom. The van der Waals surface area contributed by atoms with Crippen molar-refractivity contribution < 1.29 is 9.90 Å². The first kappa shape index (κ1) is 11.0. The van der Waals surface area contributed by atoms with Crippen molar-refractivity contribution in [3.05, 3.63) is 0 Å². The van der Waals surface area contributed by atoms with Crippen LogP contribution in [0.5, 0.6) is 0 Å². The van der Waals surface area contributed by atoms with Gasteiger partial charge in [0.2, 0.25) is 5.12 Å². The molecule has 0 aromatic carbocycles. The van der Waals surface area contributed by atoms with Gasteiger partial charge in [0, 0.05) is 0 Å². The Morgan fingerprint density at radius 1 is 1.55 bits per heavy atom. The molecule has 1 N–H and O–H groups in total. The Labute approximate surface area is 73.4 Å². The van der Waals surface area contributed by atoms with Crippen LogP contribution in [0, 0.1) is 0 Å². The monoisotopic (exact) mass is 176 g/mol. The Kier molecular flexibility index (Phi) is 4.77. The van der Waals surface area contributed by atoms with Crippen LogP contribution in [0.25, 0.3) is 0 Å². The second-order valence-electron chi connectivity index (χ2n) is 3.04. The number of carbonyl (C=O) groups is 1. The Bertz CT molecular complexity index is 132. The lowest BCUT2D eigenvalue weighted by molar-refractivity contribution is -0.126. The van der Waals surface area contributed by atoms with E-state index in [-0.39, 0.29) is 0 Å². The van der Waals surface area contributed by atoms with Gasteiger partial charge in [-0.25, -0.2) is 0 Å². The fourth-order valence-corrected chi connectivity index (χ4v) is 0.938. The maximum Gasteiger partial charge on any atom is 0.217 e. The molecule has 0 amide bonds. The minimum atomic E-state index is -1.22. The third-order valence-corrected chi connectivity index (χ3v) is 2.21. The van der Waals surface area contributed by atoms with E-state index in [9.17, 15) is 9.90 Å². The maximum absolute atomic E-state index is 10.7. The van der Waals surface area contributed by atoms with Crippen molar-refractivity contribution in [2.45, 2.75) is 45.1 Å². The molecule has 0 aliphatic heterocycles. The number of aliphatic hydroxyl groups is 1. The molecule has 0 fully saturated rings. The molecule has 66 valence electrons. The molecule has 1 atom stereocenters. The molecular weight excluding hydrogens is 160 g/mol. The average molecular weight is 176 g/mol. The molecule has 11 heavy (non-hydrogen) atoms. The van der Waals surface area contributed by atoms with E-state index in [4.69, 9.17) is 0 Å². The molecule has 0 bridgehead atoms. The summed E-state index contributed by atoms with van der Waals surface area (Å²) in [7, 11) is 0. The standard InChI is InChI=1S/C8H16O2S/c1-3-4-5-6-8(2,10)7(9)11/h10H,3-6H2,1-2H3,(H,9,11). The van der Waals surface area contributed by atoms with Crippen molar-refractivity contribution in [3.63, 3.8) is 0 Å². The summed E-state index contributed by atoms with van der Waals surface area (Å²) < 4.78 is 0.